The first kappa shape index (κ1) is 17.3. The van der Waals surface area contributed by atoms with Gasteiger partial charge in [-0.05, 0) is 53.5 Å². The molecule has 2 N–H and O–H groups in total. The van der Waals surface area contributed by atoms with E-state index in [4.69, 9.17) is 4.74 Å². The summed E-state index contributed by atoms with van der Waals surface area (Å²) in [5.74, 6) is 0.612. The second kappa shape index (κ2) is 8.57. The Morgan fingerprint density at radius 2 is 2.08 bits per heavy atom. The molecule has 1 fully saturated rings. The van der Waals surface area contributed by atoms with Crippen LogP contribution >= 0.6 is 0 Å². The highest BCUT2D eigenvalue weighted by Crippen LogP contribution is 2.25. The van der Waals surface area contributed by atoms with Crippen molar-refractivity contribution in [3.63, 3.8) is 0 Å². The van der Waals surface area contributed by atoms with Gasteiger partial charge in [0.05, 0.1) is 18.4 Å². The fourth-order valence-electron chi connectivity index (χ4n) is 3.06. The predicted molar refractivity (Wildman–Crippen MR) is 93.5 cm³/mol. The minimum absolute atomic E-state index is 0.240. The number of nitrogens with zero attached hydrogens (tertiary/aromatic N) is 4. The van der Waals surface area contributed by atoms with Gasteiger partial charge in [0.1, 0.15) is 6.33 Å². The number of ether oxygens (including phenoxy) is 1. The molecule has 0 bridgehead atoms. The monoisotopic (exact) mass is 344 g/mol. The molecule has 2 amide bonds. The van der Waals surface area contributed by atoms with Crippen LogP contribution in [0, 0.1) is 5.92 Å². The maximum atomic E-state index is 11.9. The van der Waals surface area contributed by atoms with Crippen LogP contribution in [0.5, 0.6) is 0 Å². The summed E-state index contributed by atoms with van der Waals surface area (Å²) >= 11 is 0. The van der Waals surface area contributed by atoms with Gasteiger partial charge in [-0.1, -0.05) is 19.8 Å². The minimum atomic E-state index is -0.240. The molecular weight excluding hydrogens is 320 g/mol. The van der Waals surface area contributed by atoms with Crippen molar-refractivity contribution >= 4 is 11.7 Å². The third kappa shape index (κ3) is 4.99. The summed E-state index contributed by atoms with van der Waals surface area (Å²) in [6, 6.07) is 7.03. The predicted octanol–water partition coefficient (Wildman–Crippen LogP) is 2.38. The Morgan fingerprint density at radius 3 is 2.80 bits per heavy atom. The highest BCUT2D eigenvalue weighted by Gasteiger charge is 2.21. The van der Waals surface area contributed by atoms with Crippen molar-refractivity contribution < 1.29 is 9.53 Å². The van der Waals surface area contributed by atoms with Crippen LogP contribution in [-0.2, 0) is 4.74 Å². The van der Waals surface area contributed by atoms with Crippen LogP contribution in [0.4, 0.5) is 10.5 Å². The van der Waals surface area contributed by atoms with Crippen LogP contribution < -0.4 is 10.6 Å². The minimum Gasteiger partial charge on any atom is -0.376 e. The van der Waals surface area contributed by atoms with Gasteiger partial charge in [0.15, 0.2) is 0 Å². The number of hydrogen-bond donors (Lipinski definition) is 2. The Balaban J connectivity index is 1.37. The summed E-state index contributed by atoms with van der Waals surface area (Å²) in [6.45, 7) is 3.28. The molecule has 0 radical (unpaired) electrons. The molecule has 1 aromatic carbocycles. The zero-order valence-corrected chi connectivity index (χ0v) is 14.4. The van der Waals surface area contributed by atoms with Crippen LogP contribution in [0.25, 0.3) is 5.69 Å². The van der Waals surface area contributed by atoms with Crippen molar-refractivity contribution in [3.8, 4) is 5.69 Å². The highest BCUT2D eigenvalue weighted by molar-refractivity contribution is 5.89. The lowest BCUT2D eigenvalue weighted by Gasteiger charge is -2.28. The van der Waals surface area contributed by atoms with Crippen LogP contribution in [0.1, 0.15) is 32.6 Å². The van der Waals surface area contributed by atoms with E-state index >= 15 is 0 Å². The quantitative estimate of drug-likeness (QED) is 0.785. The molecule has 8 heteroatoms. The smallest absolute Gasteiger partial charge is 0.319 e. The Kier molecular flexibility index (Phi) is 5.95. The van der Waals surface area contributed by atoms with Crippen molar-refractivity contribution in [2.75, 3.05) is 18.5 Å². The number of hydrogen-bond acceptors (Lipinski definition) is 5. The summed E-state index contributed by atoms with van der Waals surface area (Å²) in [7, 11) is 0. The Bertz CT molecular complexity index is 658. The average molecular weight is 344 g/mol. The first-order chi connectivity index (χ1) is 12.2. The molecule has 8 nitrogen and oxygen atoms in total. The lowest BCUT2D eigenvalue weighted by molar-refractivity contribution is -0.00232. The zero-order chi connectivity index (χ0) is 17.5. The molecule has 2 aromatic rings. The number of carbonyl (C=O) groups excluding carboxylic acids is 1. The number of nitrogens with one attached hydrogen (secondary N) is 2. The molecule has 2 atom stereocenters. The van der Waals surface area contributed by atoms with E-state index < -0.39 is 0 Å². The van der Waals surface area contributed by atoms with Gasteiger partial charge in [0.25, 0.3) is 0 Å². The summed E-state index contributed by atoms with van der Waals surface area (Å²) < 4.78 is 7.44. The van der Waals surface area contributed by atoms with E-state index in [9.17, 15) is 4.79 Å². The highest BCUT2D eigenvalue weighted by atomic mass is 16.5. The molecular formula is C17H24N6O2. The van der Waals surface area contributed by atoms with E-state index in [2.05, 4.69) is 33.1 Å². The lowest BCUT2D eigenvalue weighted by atomic mass is 9.88. The molecule has 0 aliphatic heterocycles. The van der Waals surface area contributed by atoms with Gasteiger partial charge < -0.3 is 15.4 Å². The maximum absolute atomic E-state index is 11.9. The van der Waals surface area contributed by atoms with Gasteiger partial charge in [-0.2, -0.15) is 0 Å². The first-order valence-corrected chi connectivity index (χ1v) is 8.72. The number of tetrazole rings is 1. The van der Waals surface area contributed by atoms with Crippen molar-refractivity contribution in [2.24, 2.45) is 5.92 Å². The first-order valence-electron chi connectivity index (χ1n) is 8.72. The number of amides is 2. The zero-order valence-electron chi connectivity index (χ0n) is 14.4. The van der Waals surface area contributed by atoms with Crippen molar-refractivity contribution in [2.45, 2.75) is 38.7 Å². The molecule has 3 rings (SSSR count). The summed E-state index contributed by atoms with van der Waals surface area (Å²) in [6.07, 6.45) is 6.75. The molecule has 1 saturated carbocycles. The number of benzene rings is 1. The van der Waals surface area contributed by atoms with Crippen LogP contribution in [0.2, 0.25) is 0 Å². The standard InChI is InChI=1S/C17H24N6O2/c1-13-4-2-3-5-16(13)25-11-10-18-17(24)20-14-6-8-15(9-7-14)23-12-19-21-22-23/h6-9,12-13,16H,2-5,10-11H2,1H3,(H2,18,20,24)/t13-,16-/m0/s1. The van der Waals surface area contributed by atoms with Gasteiger partial charge in [-0.3, -0.25) is 0 Å². The Morgan fingerprint density at radius 1 is 1.28 bits per heavy atom. The number of urea groups is 1. The Labute approximate surface area is 146 Å². The van der Waals surface area contributed by atoms with Crippen molar-refractivity contribution in [3.05, 3.63) is 30.6 Å². The maximum Gasteiger partial charge on any atom is 0.319 e. The normalized spacial score (nSPS) is 20.2. The fourth-order valence-corrected chi connectivity index (χ4v) is 3.06. The average Bonchev–Trinajstić information content (AvgIpc) is 3.15. The molecule has 1 aromatic heterocycles. The summed E-state index contributed by atoms with van der Waals surface area (Å²) in [5, 5.41) is 16.6. The second-order valence-electron chi connectivity index (χ2n) is 6.35. The number of anilines is 1. The van der Waals surface area contributed by atoms with E-state index in [1.165, 1.54) is 25.6 Å². The third-order valence-electron chi connectivity index (χ3n) is 4.49. The largest absolute Gasteiger partial charge is 0.376 e. The van der Waals surface area contributed by atoms with E-state index in [1.54, 1.807) is 16.8 Å². The fraction of sp³-hybridized carbons (Fsp3) is 0.529. The molecule has 1 heterocycles. The van der Waals surface area contributed by atoms with E-state index in [1.807, 2.05) is 12.1 Å². The van der Waals surface area contributed by atoms with Gasteiger partial charge in [-0.15, -0.1) is 5.10 Å². The molecule has 0 unspecified atom stereocenters. The number of rotatable bonds is 6. The number of carbonyl (C=O) groups is 1. The lowest BCUT2D eigenvalue weighted by Crippen LogP contribution is -2.34. The van der Waals surface area contributed by atoms with Crippen LogP contribution in [0.3, 0.4) is 0 Å². The van der Waals surface area contributed by atoms with Gasteiger partial charge in [0, 0.05) is 12.2 Å². The van der Waals surface area contributed by atoms with E-state index in [0.29, 0.717) is 30.9 Å². The van der Waals surface area contributed by atoms with E-state index in [0.717, 1.165) is 12.1 Å². The Hall–Kier alpha value is -2.48. The molecule has 134 valence electrons. The van der Waals surface area contributed by atoms with E-state index in [-0.39, 0.29) is 6.03 Å². The van der Waals surface area contributed by atoms with Gasteiger partial charge >= 0.3 is 6.03 Å². The molecule has 0 spiro atoms. The van der Waals surface area contributed by atoms with Gasteiger partial charge in [-0.25, -0.2) is 9.48 Å². The van der Waals surface area contributed by atoms with Gasteiger partial charge in [0.2, 0.25) is 0 Å². The van der Waals surface area contributed by atoms with Crippen molar-refractivity contribution in [1.29, 1.82) is 0 Å². The third-order valence-corrected chi connectivity index (χ3v) is 4.49. The topological polar surface area (TPSA) is 94.0 Å². The molecule has 0 saturated heterocycles. The van der Waals surface area contributed by atoms with Crippen LogP contribution in [-0.4, -0.2) is 45.5 Å². The van der Waals surface area contributed by atoms with Crippen molar-refractivity contribution in [1.82, 2.24) is 25.5 Å². The second-order valence-corrected chi connectivity index (χ2v) is 6.35. The SMILES string of the molecule is C[C@H]1CCCC[C@@H]1OCCNC(=O)Nc1ccc(-n2cnnn2)cc1. The summed E-state index contributed by atoms with van der Waals surface area (Å²) in [4.78, 5) is 11.9. The molecule has 25 heavy (non-hydrogen) atoms. The molecule has 1 aliphatic carbocycles. The molecule has 1 aliphatic rings. The van der Waals surface area contributed by atoms with Crippen LogP contribution in [0.15, 0.2) is 30.6 Å². The summed E-state index contributed by atoms with van der Waals surface area (Å²) in [5.41, 5.74) is 1.53. The number of aromatic nitrogens is 4.